The van der Waals surface area contributed by atoms with E-state index in [0.29, 0.717) is 37.4 Å². The fraction of sp³-hybridized carbons (Fsp3) is 0.364. The summed E-state index contributed by atoms with van der Waals surface area (Å²) in [7, 11) is 3.49. The Hall–Kier alpha value is -3.20. The molecule has 0 radical (unpaired) electrons. The summed E-state index contributed by atoms with van der Waals surface area (Å²) in [5.74, 6) is -0.176. The second-order valence-corrected chi connectivity index (χ2v) is 8.80. The average molecular weight is 440 g/mol. The molecular formula is C22H25N5O3S. The number of thiazole rings is 1. The molecule has 3 aromatic rings. The number of fused-ring (bicyclic) bond motifs is 1. The molecule has 1 aliphatic heterocycles. The number of nitrogens with zero attached hydrogens (tertiary/aromatic N) is 5. The zero-order chi connectivity index (χ0) is 22.1. The van der Waals surface area contributed by atoms with Crippen LogP contribution in [0.15, 0.2) is 36.4 Å². The largest absolute Gasteiger partial charge is 0.372 e. The molecule has 0 unspecified atom stereocenters. The summed E-state index contributed by atoms with van der Waals surface area (Å²) < 4.78 is 1.18. The first-order chi connectivity index (χ1) is 14.9. The Labute approximate surface area is 184 Å². The number of carbonyl (C=O) groups excluding carboxylic acids is 1. The smallest absolute Gasteiger partial charge is 0.293 e. The first kappa shape index (κ1) is 21.0. The molecule has 4 rings (SSSR count). The molecule has 2 aromatic carbocycles. The van der Waals surface area contributed by atoms with Gasteiger partial charge in [-0.15, -0.1) is 0 Å². The lowest BCUT2D eigenvalue weighted by atomic mass is 10.1. The average Bonchev–Trinajstić information content (AvgIpc) is 3.21. The van der Waals surface area contributed by atoms with Crippen molar-refractivity contribution in [2.75, 3.05) is 50.1 Å². The summed E-state index contributed by atoms with van der Waals surface area (Å²) in [5, 5.41) is 12.4. The number of rotatable bonds is 5. The van der Waals surface area contributed by atoms with Gasteiger partial charge < -0.3 is 14.7 Å². The van der Waals surface area contributed by atoms with Gasteiger partial charge in [-0.25, -0.2) is 4.98 Å². The van der Waals surface area contributed by atoms with Gasteiger partial charge in [0.2, 0.25) is 0 Å². The first-order valence-corrected chi connectivity index (χ1v) is 11.1. The van der Waals surface area contributed by atoms with Gasteiger partial charge >= 0.3 is 0 Å². The van der Waals surface area contributed by atoms with Crippen molar-refractivity contribution in [1.29, 1.82) is 0 Å². The highest BCUT2D eigenvalue weighted by Gasteiger charge is 2.26. The van der Waals surface area contributed by atoms with Crippen LogP contribution >= 0.6 is 11.3 Å². The van der Waals surface area contributed by atoms with Crippen molar-refractivity contribution < 1.29 is 9.72 Å². The van der Waals surface area contributed by atoms with E-state index in [2.05, 4.69) is 30.0 Å². The summed E-state index contributed by atoms with van der Waals surface area (Å²) >= 11 is 1.68. The number of hydrogen-bond acceptors (Lipinski definition) is 7. The van der Waals surface area contributed by atoms with Crippen LogP contribution in [0.2, 0.25) is 0 Å². The van der Waals surface area contributed by atoms with Crippen molar-refractivity contribution in [1.82, 2.24) is 9.88 Å². The molecule has 0 aliphatic carbocycles. The van der Waals surface area contributed by atoms with Gasteiger partial charge in [0.15, 0.2) is 5.13 Å². The Bertz CT molecular complexity index is 1140. The summed E-state index contributed by atoms with van der Waals surface area (Å²) in [4.78, 5) is 34.4. The summed E-state index contributed by atoms with van der Waals surface area (Å²) in [5.41, 5.74) is 3.07. The Morgan fingerprint density at radius 3 is 2.55 bits per heavy atom. The topological polar surface area (TPSA) is 82.8 Å². The minimum absolute atomic E-state index is 0.0598. The van der Waals surface area contributed by atoms with E-state index in [9.17, 15) is 14.9 Å². The molecule has 162 valence electrons. The van der Waals surface area contributed by atoms with Crippen molar-refractivity contribution in [2.45, 2.75) is 13.3 Å². The third-order valence-electron chi connectivity index (χ3n) is 5.59. The van der Waals surface area contributed by atoms with Crippen molar-refractivity contribution in [3.05, 3.63) is 57.6 Å². The van der Waals surface area contributed by atoms with E-state index in [4.69, 9.17) is 4.98 Å². The van der Waals surface area contributed by atoms with Gasteiger partial charge in [0.1, 0.15) is 5.69 Å². The molecule has 2 heterocycles. The van der Waals surface area contributed by atoms with Gasteiger partial charge in [-0.2, -0.15) is 0 Å². The normalized spacial score (nSPS) is 14.2. The van der Waals surface area contributed by atoms with Crippen molar-refractivity contribution >= 4 is 44.0 Å². The number of hydrogen-bond donors (Lipinski definition) is 0. The lowest BCUT2D eigenvalue weighted by Gasteiger charge is -2.34. The number of aromatic nitrogens is 1. The monoisotopic (exact) mass is 439 g/mol. The summed E-state index contributed by atoms with van der Waals surface area (Å²) in [6.07, 6.45) is 0.998. The zero-order valence-corrected chi connectivity index (χ0v) is 18.7. The highest BCUT2D eigenvalue weighted by Crippen LogP contribution is 2.31. The molecule has 0 saturated carbocycles. The molecule has 1 aromatic heterocycles. The van der Waals surface area contributed by atoms with Crippen LogP contribution in [0.5, 0.6) is 0 Å². The molecule has 0 spiro atoms. The van der Waals surface area contributed by atoms with Crippen LogP contribution in [0.3, 0.4) is 0 Å². The van der Waals surface area contributed by atoms with Crippen molar-refractivity contribution in [2.24, 2.45) is 0 Å². The maximum atomic E-state index is 13.0. The van der Waals surface area contributed by atoms with Crippen LogP contribution < -0.4 is 9.80 Å². The zero-order valence-electron chi connectivity index (χ0n) is 17.9. The lowest BCUT2D eigenvalue weighted by Crippen LogP contribution is -2.48. The fourth-order valence-corrected chi connectivity index (χ4v) is 4.86. The Kier molecular flexibility index (Phi) is 5.77. The van der Waals surface area contributed by atoms with E-state index in [-0.39, 0.29) is 11.6 Å². The second-order valence-electron chi connectivity index (χ2n) is 7.79. The van der Waals surface area contributed by atoms with E-state index in [1.54, 1.807) is 47.4 Å². The Morgan fingerprint density at radius 2 is 1.90 bits per heavy atom. The van der Waals surface area contributed by atoms with Crippen molar-refractivity contribution in [3.63, 3.8) is 0 Å². The van der Waals surface area contributed by atoms with E-state index >= 15 is 0 Å². The van der Waals surface area contributed by atoms with Crippen LogP contribution in [0.25, 0.3) is 10.2 Å². The molecule has 1 aliphatic rings. The van der Waals surface area contributed by atoms with Gasteiger partial charge in [-0.05, 0) is 36.2 Å². The minimum Gasteiger partial charge on any atom is -0.372 e. The molecule has 31 heavy (non-hydrogen) atoms. The number of nitro groups is 1. The van der Waals surface area contributed by atoms with Gasteiger partial charge in [-0.1, -0.05) is 24.3 Å². The lowest BCUT2D eigenvalue weighted by molar-refractivity contribution is -0.384. The molecule has 1 fully saturated rings. The van der Waals surface area contributed by atoms with Crippen LogP contribution in [0.4, 0.5) is 16.5 Å². The third kappa shape index (κ3) is 4.18. The molecule has 1 amide bonds. The fourth-order valence-electron chi connectivity index (χ4n) is 3.78. The Balaban J connectivity index is 1.47. The minimum atomic E-state index is -0.443. The number of carbonyl (C=O) groups is 1. The quantitative estimate of drug-likeness (QED) is 0.444. The highest BCUT2D eigenvalue weighted by atomic mass is 32.1. The van der Waals surface area contributed by atoms with E-state index in [0.717, 1.165) is 17.1 Å². The molecule has 1 saturated heterocycles. The summed E-state index contributed by atoms with van der Waals surface area (Å²) in [6, 6.07) is 11.0. The van der Waals surface area contributed by atoms with Gasteiger partial charge in [0, 0.05) is 51.9 Å². The highest BCUT2D eigenvalue weighted by molar-refractivity contribution is 7.22. The first-order valence-electron chi connectivity index (χ1n) is 10.3. The number of benzene rings is 2. The van der Waals surface area contributed by atoms with E-state index in [1.165, 1.54) is 16.3 Å². The number of anilines is 2. The van der Waals surface area contributed by atoms with Crippen LogP contribution in [0.1, 0.15) is 22.8 Å². The molecule has 8 nitrogen and oxygen atoms in total. The number of nitro benzene ring substituents is 1. The number of piperazine rings is 1. The van der Waals surface area contributed by atoms with E-state index in [1.807, 2.05) is 0 Å². The molecule has 0 atom stereocenters. The maximum absolute atomic E-state index is 13.0. The Morgan fingerprint density at radius 1 is 1.16 bits per heavy atom. The van der Waals surface area contributed by atoms with Crippen LogP contribution in [0, 0.1) is 10.1 Å². The standard InChI is InChI=1S/C22H25N5O3S/c1-4-15-5-7-17-20(13-15)31-22(23-17)26-11-9-25(10-12-26)21(28)16-6-8-18(24(2)3)19(14-16)27(29)30/h5-8,13-14H,4,9-12H2,1-3H3. The second kappa shape index (κ2) is 8.50. The predicted octanol–water partition coefficient (Wildman–Crippen LogP) is 3.80. The predicted molar refractivity (Wildman–Crippen MR) is 125 cm³/mol. The number of amides is 1. The third-order valence-corrected chi connectivity index (χ3v) is 6.67. The van der Waals surface area contributed by atoms with Crippen molar-refractivity contribution in [3.8, 4) is 0 Å². The SMILES string of the molecule is CCc1ccc2nc(N3CCN(C(=O)c4ccc(N(C)C)c([N+](=O)[O-])c4)CC3)sc2c1. The molecular weight excluding hydrogens is 414 g/mol. The van der Waals surface area contributed by atoms with E-state index < -0.39 is 4.92 Å². The molecule has 0 N–H and O–H groups in total. The van der Waals surface area contributed by atoms with Gasteiger partial charge in [-0.3, -0.25) is 14.9 Å². The molecule has 9 heteroatoms. The van der Waals surface area contributed by atoms with Crippen LogP contribution in [-0.2, 0) is 6.42 Å². The maximum Gasteiger partial charge on any atom is 0.293 e. The molecule has 0 bridgehead atoms. The number of aryl methyl sites for hydroxylation is 1. The summed E-state index contributed by atoms with van der Waals surface area (Å²) in [6.45, 7) is 4.62. The van der Waals surface area contributed by atoms with Gasteiger partial charge in [0.25, 0.3) is 11.6 Å². The van der Waals surface area contributed by atoms with Gasteiger partial charge in [0.05, 0.1) is 15.1 Å². The van der Waals surface area contributed by atoms with Crippen LogP contribution in [-0.4, -0.2) is 61.0 Å².